The van der Waals surface area contributed by atoms with Crippen LogP contribution in [0.4, 0.5) is 13.2 Å². The Morgan fingerprint density at radius 2 is 2.00 bits per heavy atom. The van der Waals surface area contributed by atoms with E-state index >= 15 is 0 Å². The Balaban J connectivity index is 4.48. The molecule has 0 saturated heterocycles. The number of rotatable bonds is 2. The van der Waals surface area contributed by atoms with Crippen molar-refractivity contribution in [2.24, 2.45) is 4.99 Å². The van der Waals surface area contributed by atoms with Crippen molar-refractivity contribution in [3.8, 4) is 0 Å². The Morgan fingerprint density at radius 1 is 1.45 bits per heavy atom. The second-order valence-corrected chi connectivity index (χ2v) is 1.88. The minimum atomic E-state index is -4.32. The Kier molecular flexibility index (Phi) is 3.85. The smallest absolute Gasteiger partial charge is 0.257 e. The predicted molar refractivity (Wildman–Crippen MR) is 38.6 cm³/mol. The van der Waals surface area contributed by atoms with Crippen LogP contribution in [0.5, 0.6) is 0 Å². The normalized spacial score (nSPS) is 14.5. The molecule has 0 unspecified atom stereocenters. The van der Waals surface area contributed by atoms with Gasteiger partial charge in [-0.05, 0) is 13.3 Å². The van der Waals surface area contributed by atoms with Gasteiger partial charge in [-0.1, -0.05) is 13.0 Å². The lowest BCUT2D eigenvalue weighted by molar-refractivity contribution is -0.0925. The van der Waals surface area contributed by atoms with Crippen molar-refractivity contribution >= 4 is 6.21 Å². The molecule has 0 aliphatic heterocycles. The molecule has 4 heteroatoms. The monoisotopic (exact) mass is 165 g/mol. The number of hydrogen-bond acceptors (Lipinski definition) is 1. The van der Waals surface area contributed by atoms with E-state index in [1.807, 2.05) is 0 Å². The van der Waals surface area contributed by atoms with Crippen molar-refractivity contribution in [1.82, 2.24) is 0 Å². The highest BCUT2D eigenvalue weighted by atomic mass is 19.4. The summed E-state index contributed by atoms with van der Waals surface area (Å²) in [6.07, 6.45) is -1.79. The van der Waals surface area contributed by atoms with Crippen molar-refractivity contribution in [2.45, 2.75) is 26.4 Å². The quantitative estimate of drug-likeness (QED) is 0.558. The van der Waals surface area contributed by atoms with Crippen LogP contribution in [-0.2, 0) is 0 Å². The number of nitrogens with zero attached hydrogens (tertiary/aromatic N) is 1. The number of hydrogen-bond donors (Lipinski definition) is 0. The number of aliphatic imine (C=N–C) groups is 1. The third kappa shape index (κ3) is 3.80. The van der Waals surface area contributed by atoms with Gasteiger partial charge < -0.3 is 0 Å². The van der Waals surface area contributed by atoms with Crippen LogP contribution in [-0.4, -0.2) is 12.4 Å². The summed E-state index contributed by atoms with van der Waals surface area (Å²) in [5, 5.41) is 0. The third-order valence-corrected chi connectivity index (χ3v) is 0.956. The molecule has 0 spiro atoms. The van der Waals surface area contributed by atoms with E-state index in [9.17, 15) is 13.2 Å². The first-order chi connectivity index (χ1) is 5.02. The van der Waals surface area contributed by atoms with Crippen molar-refractivity contribution in [3.63, 3.8) is 0 Å². The molecule has 0 bridgehead atoms. The van der Waals surface area contributed by atoms with Crippen molar-refractivity contribution in [3.05, 3.63) is 11.8 Å². The average Bonchev–Trinajstić information content (AvgIpc) is 1.85. The first-order valence-electron chi connectivity index (χ1n) is 3.28. The van der Waals surface area contributed by atoms with Crippen LogP contribution in [0.1, 0.15) is 20.3 Å². The van der Waals surface area contributed by atoms with Crippen LogP contribution >= 0.6 is 0 Å². The summed E-state index contributed by atoms with van der Waals surface area (Å²) in [5.74, 6) is 0. The van der Waals surface area contributed by atoms with Gasteiger partial charge in [0, 0.05) is 6.21 Å². The molecule has 0 rings (SSSR count). The predicted octanol–water partition coefficient (Wildman–Crippen LogP) is 2.93. The van der Waals surface area contributed by atoms with Gasteiger partial charge in [0.25, 0.3) is 0 Å². The molecule has 0 amide bonds. The van der Waals surface area contributed by atoms with E-state index in [0.29, 0.717) is 6.42 Å². The number of halogens is 3. The van der Waals surface area contributed by atoms with Crippen LogP contribution in [0.25, 0.3) is 0 Å². The largest absolute Gasteiger partial charge is 0.432 e. The molecule has 0 N–H and O–H groups in total. The van der Waals surface area contributed by atoms with Gasteiger partial charge in [-0.3, -0.25) is 4.99 Å². The van der Waals surface area contributed by atoms with Crippen LogP contribution in [0.2, 0.25) is 0 Å². The first kappa shape index (κ1) is 10.2. The molecule has 0 aliphatic rings. The summed E-state index contributed by atoms with van der Waals surface area (Å²) >= 11 is 0. The number of alkyl halides is 3. The standard InChI is InChI=1S/C7H10F3N/c1-3-5-6(11-4-2)7(8,9)10/h4-5H,3H2,1-2H3/b6-5-,11-4?. The highest BCUT2D eigenvalue weighted by molar-refractivity contribution is 5.55. The zero-order chi connectivity index (χ0) is 8.91. The van der Waals surface area contributed by atoms with Gasteiger partial charge in [0.05, 0.1) is 0 Å². The molecule has 0 aromatic carbocycles. The molecular formula is C7H10F3N. The lowest BCUT2D eigenvalue weighted by Gasteiger charge is -2.05. The molecule has 0 aromatic heterocycles. The molecular weight excluding hydrogens is 155 g/mol. The van der Waals surface area contributed by atoms with Crippen molar-refractivity contribution in [2.75, 3.05) is 0 Å². The maximum atomic E-state index is 11.9. The summed E-state index contributed by atoms with van der Waals surface area (Å²) in [6, 6.07) is 0. The van der Waals surface area contributed by atoms with Gasteiger partial charge in [-0.15, -0.1) is 0 Å². The highest BCUT2D eigenvalue weighted by Crippen LogP contribution is 2.26. The lowest BCUT2D eigenvalue weighted by atomic mass is 10.3. The Morgan fingerprint density at radius 3 is 2.27 bits per heavy atom. The molecule has 1 nitrogen and oxygen atoms in total. The summed E-state index contributed by atoms with van der Waals surface area (Å²) in [6.45, 7) is 3.09. The summed E-state index contributed by atoms with van der Waals surface area (Å²) in [5.41, 5.74) is -0.817. The van der Waals surface area contributed by atoms with E-state index in [4.69, 9.17) is 0 Å². The second kappa shape index (κ2) is 4.16. The summed E-state index contributed by atoms with van der Waals surface area (Å²) in [7, 11) is 0. The van der Waals surface area contributed by atoms with Crippen LogP contribution in [0, 0.1) is 0 Å². The first-order valence-corrected chi connectivity index (χ1v) is 3.28. The average molecular weight is 165 g/mol. The van der Waals surface area contributed by atoms with Gasteiger partial charge >= 0.3 is 6.18 Å². The van der Waals surface area contributed by atoms with Crippen LogP contribution in [0.3, 0.4) is 0 Å². The molecule has 0 atom stereocenters. The fraction of sp³-hybridized carbons (Fsp3) is 0.571. The van der Waals surface area contributed by atoms with Crippen molar-refractivity contribution < 1.29 is 13.2 Å². The zero-order valence-corrected chi connectivity index (χ0v) is 6.44. The Bertz CT molecular complexity index is 167. The molecule has 0 saturated carbocycles. The number of allylic oxidation sites excluding steroid dienone is 2. The Hall–Kier alpha value is -0.800. The molecule has 0 radical (unpaired) electrons. The zero-order valence-electron chi connectivity index (χ0n) is 6.44. The minimum Gasteiger partial charge on any atom is -0.257 e. The third-order valence-electron chi connectivity index (χ3n) is 0.956. The van der Waals surface area contributed by atoms with Crippen molar-refractivity contribution in [1.29, 1.82) is 0 Å². The lowest BCUT2D eigenvalue weighted by Crippen LogP contribution is -2.09. The maximum absolute atomic E-state index is 11.9. The van der Waals surface area contributed by atoms with Gasteiger partial charge in [0.2, 0.25) is 0 Å². The topological polar surface area (TPSA) is 12.4 Å². The van der Waals surface area contributed by atoms with Gasteiger partial charge in [-0.25, -0.2) is 0 Å². The highest BCUT2D eigenvalue weighted by Gasteiger charge is 2.32. The van der Waals surface area contributed by atoms with E-state index in [1.165, 1.54) is 6.92 Å². The SMILES string of the molecule is CC=N/C(=C\CC)C(F)(F)F. The molecule has 64 valence electrons. The van der Waals surface area contributed by atoms with E-state index in [0.717, 1.165) is 12.3 Å². The Labute approximate surface area is 63.6 Å². The molecule has 11 heavy (non-hydrogen) atoms. The minimum absolute atomic E-state index is 0.339. The van der Waals surface area contributed by atoms with Gasteiger partial charge in [-0.2, -0.15) is 13.2 Å². The molecule has 0 aliphatic carbocycles. The fourth-order valence-corrected chi connectivity index (χ4v) is 0.574. The maximum Gasteiger partial charge on any atom is 0.432 e. The molecule has 0 aromatic rings. The fourth-order valence-electron chi connectivity index (χ4n) is 0.574. The van der Waals surface area contributed by atoms with E-state index in [1.54, 1.807) is 6.92 Å². The van der Waals surface area contributed by atoms with Crippen LogP contribution < -0.4 is 0 Å². The van der Waals surface area contributed by atoms with E-state index in [2.05, 4.69) is 4.99 Å². The van der Waals surface area contributed by atoms with E-state index < -0.39 is 11.9 Å². The summed E-state index contributed by atoms with van der Waals surface area (Å²) in [4.78, 5) is 3.20. The molecule has 0 fully saturated rings. The summed E-state index contributed by atoms with van der Waals surface area (Å²) < 4.78 is 35.7. The van der Waals surface area contributed by atoms with E-state index in [-0.39, 0.29) is 0 Å². The molecule has 0 heterocycles. The van der Waals surface area contributed by atoms with Gasteiger partial charge in [0.15, 0.2) is 0 Å². The second-order valence-electron chi connectivity index (χ2n) is 1.88. The van der Waals surface area contributed by atoms with Gasteiger partial charge in [0.1, 0.15) is 5.70 Å². The van der Waals surface area contributed by atoms with Crippen LogP contribution in [0.15, 0.2) is 16.8 Å².